The van der Waals surface area contributed by atoms with E-state index in [1.807, 2.05) is 19.1 Å². The second-order valence-corrected chi connectivity index (χ2v) is 10.6. The van der Waals surface area contributed by atoms with Gasteiger partial charge in [0.25, 0.3) is 0 Å². The molecule has 2 saturated heterocycles. The third-order valence-electron chi connectivity index (χ3n) is 6.34. The highest BCUT2D eigenvalue weighted by Crippen LogP contribution is 2.39. The number of ether oxygens (including phenoxy) is 1. The lowest BCUT2D eigenvalue weighted by atomic mass is 9.85. The Morgan fingerprint density at radius 2 is 1.84 bits per heavy atom. The van der Waals surface area contributed by atoms with Crippen molar-refractivity contribution in [1.82, 2.24) is 14.2 Å². The van der Waals surface area contributed by atoms with Gasteiger partial charge in [-0.15, -0.1) is 0 Å². The van der Waals surface area contributed by atoms with Gasteiger partial charge >= 0.3 is 6.09 Å². The number of carbonyl (C=O) groups is 1. The van der Waals surface area contributed by atoms with Crippen LogP contribution in [0.5, 0.6) is 0 Å². The first kappa shape index (κ1) is 23.0. The number of piperidine rings is 2. The number of benzene rings is 1. The lowest BCUT2D eigenvalue weighted by Gasteiger charge is -2.48. The van der Waals surface area contributed by atoms with Gasteiger partial charge in [-0.25, -0.2) is 13.2 Å². The van der Waals surface area contributed by atoms with Crippen molar-refractivity contribution in [2.45, 2.75) is 68.7 Å². The normalized spacial score (nSPS) is 23.5. The predicted octanol–water partition coefficient (Wildman–Crippen LogP) is 4.47. The smallest absolute Gasteiger partial charge is 0.410 e. The van der Waals surface area contributed by atoms with Gasteiger partial charge in [-0.05, 0) is 74.6 Å². The van der Waals surface area contributed by atoms with E-state index in [1.165, 1.54) is 12.1 Å². The molecule has 0 spiro atoms. The monoisotopic (exact) mass is 477 g/mol. The SMILES string of the molecule is CCN(Cc1ccncc1)C(=O)O[C@H]1CCC2CCCC1N2S(=O)(=O)c1ccc(Cl)cc1. The number of rotatable bonds is 6. The molecule has 3 atom stereocenters. The molecule has 2 aliphatic heterocycles. The summed E-state index contributed by atoms with van der Waals surface area (Å²) in [4.78, 5) is 18.8. The van der Waals surface area contributed by atoms with E-state index in [0.717, 1.165) is 18.4 Å². The Hall–Kier alpha value is -2.16. The topological polar surface area (TPSA) is 79.8 Å². The first-order valence-electron chi connectivity index (χ1n) is 11.0. The molecule has 172 valence electrons. The highest BCUT2D eigenvalue weighted by atomic mass is 35.5. The Kier molecular flexibility index (Phi) is 7.02. The molecule has 2 aliphatic rings. The number of fused-ring (bicyclic) bond motifs is 2. The summed E-state index contributed by atoms with van der Waals surface area (Å²) in [6.07, 6.45) is 6.28. The lowest BCUT2D eigenvalue weighted by Crippen LogP contribution is -2.59. The van der Waals surface area contributed by atoms with Gasteiger partial charge in [-0.2, -0.15) is 4.31 Å². The Bertz CT molecular complexity index is 1030. The van der Waals surface area contributed by atoms with Crippen LogP contribution in [0.4, 0.5) is 4.79 Å². The van der Waals surface area contributed by atoms with Crippen molar-refractivity contribution in [2.75, 3.05) is 6.54 Å². The Balaban J connectivity index is 1.52. The van der Waals surface area contributed by atoms with Crippen molar-refractivity contribution in [1.29, 1.82) is 0 Å². The summed E-state index contributed by atoms with van der Waals surface area (Å²) < 4.78 is 34.5. The predicted molar refractivity (Wildman–Crippen MR) is 122 cm³/mol. The number of amides is 1. The maximum atomic E-state index is 13.5. The molecule has 4 rings (SSSR count). The van der Waals surface area contributed by atoms with Crippen LogP contribution in [0.15, 0.2) is 53.7 Å². The van der Waals surface area contributed by atoms with E-state index in [1.54, 1.807) is 33.7 Å². The van der Waals surface area contributed by atoms with E-state index in [-0.39, 0.29) is 17.0 Å². The van der Waals surface area contributed by atoms with Gasteiger partial charge in [0.2, 0.25) is 10.0 Å². The standard InChI is InChI=1S/C23H28ClN3O4S/c1-2-26(16-17-12-14-25-15-13-17)23(28)31-22-11-8-19-4-3-5-21(22)27(19)32(29,30)20-9-6-18(24)7-10-20/h6-7,9-10,12-15,19,21-22H,2-5,8,11,16H2,1H3/t19?,21?,22-/m0/s1. The van der Waals surface area contributed by atoms with Gasteiger partial charge in [-0.1, -0.05) is 18.0 Å². The first-order valence-corrected chi connectivity index (χ1v) is 12.9. The fourth-order valence-electron chi connectivity index (χ4n) is 4.72. The molecular weight excluding hydrogens is 450 g/mol. The number of sulfonamides is 1. The molecule has 3 heterocycles. The van der Waals surface area contributed by atoms with Crippen LogP contribution < -0.4 is 0 Å². The van der Waals surface area contributed by atoms with Crippen LogP contribution in [0.1, 0.15) is 44.6 Å². The van der Waals surface area contributed by atoms with Gasteiger partial charge in [0.1, 0.15) is 6.10 Å². The summed E-state index contributed by atoms with van der Waals surface area (Å²) in [6.45, 7) is 2.82. The van der Waals surface area contributed by atoms with E-state index < -0.39 is 22.2 Å². The van der Waals surface area contributed by atoms with Crippen molar-refractivity contribution < 1.29 is 17.9 Å². The molecule has 2 bridgehead atoms. The molecule has 0 radical (unpaired) electrons. The molecule has 0 saturated carbocycles. The van der Waals surface area contributed by atoms with Crippen LogP contribution in [-0.4, -0.2) is 53.4 Å². The molecule has 2 aromatic rings. The average Bonchev–Trinajstić information content (AvgIpc) is 2.80. The Morgan fingerprint density at radius 3 is 2.53 bits per heavy atom. The van der Waals surface area contributed by atoms with Crippen LogP contribution in [0.25, 0.3) is 0 Å². The van der Waals surface area contributed by atoms with Gasteiger partial charge in [-0.3, -0.25) is 4.98 Å². The van der Waals surface area contributed by atoms with Crippen molar-refractivity contribution in [3.63, 3.8) is 0 Å². The summed E-state index contributed by atoms with van der Waals surface area (Å²) in [6, 6.07) is 9.56. The van der Waals surface area contributed by atoms with E-state index >= 15 is 0 Å². The lowest BCUT2D eigenvalue weighted by molar-refractivity contribution is -0.0253. The molecule has 32 heavy (non-hydrogen) atoms. The summed E-state index contributed by atoms with van der Waals surface area (Å²) in [5.41, 5.74) is 0.965. The molecule has 1 amide bonds. The first-order chi connectivity index (χ1) is 15.4. The summed E-state index contributed by atoms with van der Waals surface area (Å²) >= 11 is 5.95. The minimum absolute atomic E-state index is 0.0662. The molecular formula is C23H28ClN3O4S. The van der Waals surface area contributed by atoms with E-state index in [2.05, 4.69) is 4.98 Å². The molecule has 2 unspecified atom stereocenters. The van der Waals surface area contributed by atoms with Crippen molar-refractivity contribution in [3.8, 4) is 0 Å². The third kappa shape index (κ3) is 4.77. The highest BCUT2D eigenvalue weighted by molar-refractivity contribution is 7.89. The zero-order valence-electron chi connectivity index (χ0n) is 18.1. The Labute approximate surface area is 194 Å². The Morgan fingerprint density at radius 1 is 1.12 bits per heavy atom. The van der Waals surface area contributed by atoms with Gasteiger partial charge in [0.05, 0.1) is 10.9 Å². The summed E-state index contributed by atoms with van der Waals surface area (Å²) in [5, 5.41) is 0.489. The third-order valence-corrected chi connectivity index (χ3v) is 8.59. The molecule has 0 aliphatic carbocycles. The quantitative estimate of drug-likeness (QED) is 0.613. The number of aromatic nitrogens is 1. The minimum Gasteiger partial charge on any atom is -0.444 e. The molecule has 2 fully saturated rings. The zero-order valence-corrected chi connectivity index (χ0v) is 19.6. The molecule has 1 aromatic heterocycles. The van der Waals surface area contributed by atoms with Crippen LogP contribution in [0.2, 0.25) is 5.02 Å². The molecule has 0 N–H and O–H groups in total. The van der Waals surface area contributed by atoms with Crippen molar-refractivity contribution >= 4 is 27.7 Å². The van der Waals surface area contributed by atoms with Crippen molar-refractivity contribution in [3.05, 3.63) is 59.4 Å². The average molecular weight is 478 g/mol. The van der Waals surface area contributed by atoms with Crippen LogP contribution >= 0.6 is 11.6 Å². The van der Waals surface area contributed by atoms with Crippen LogP contribution in [-0.2, 0) is 21.3 Å². The fourth-order valence-corrected chi connectivity index (χ4v) is 6.77. The van der Waals surface area contributed by atoms with Gasteiger partial charge in [0.15, 0.2) is 0 Å². The molecule has 1 aromatic carbocycles. The van der Waals surface area contributed by atoms with Gasteiger partial charge < -0.3 is 9.64 Å². The summed E-state index contributed by atoms with van der Waals surface area (Å²) in [5.74, 6) is 0. The molecule has 7 nitrogen and oxygen atoms in total. The number of pyridine rings is 1. The second kappa shape index (κ2) is 9.77. The largest absolute Gasteiger partial charge is 0.444 e. The summed E-state index contributed by atoms with van der Waals surface area (Å²) in [7, 11) is -3.72. The van der Waals surface area contributed by atoms with Crippen LogP contribution in [0.3, 0.4) is 0 Å². The zero-order chi connectivity index (χ0) is 22.7. The number of hydrogen-bond donors (Lipinski definition) is 0. The van der Waals surface area contributed by atoms with Gasteiger partial charge in [0, 0.05) is 36.5 Å². The van der Waals surface area contributed by atoms with E-state index in [4.69, 9.17) is 16.3 Å². The number of halogens is 1. The second-order valence-electron chi connectivity index (χ2n) is 8.31. The number of nitrogens with zero attached hydrogens (tertiary/aromatic N) is 3. The maximum Gasteiger partial charge on any atom is 0.410 e. The van der Waals surface area contributed by atoms with Crippen molar-refractivity contribution in [2.24, 2.45) is 0 Å². The molecule has 9 heteroatoms. The van der Waals surface area contributed by atoms with Crippen LogP contribution in [0, 0.1) is 0 Å². The number of carbonyl (C=O) groups excluding carboxylic acids is 1. The maximum absolute atomic E-state index is 13.5. The number of hydrogen-bond acceptors (Lipinski definition) is 5. The highest BCUT2D eigenvalue weighted by Gasteiger charge is 2.48. The minimum atomic E-state index is -3.72. The van der Waals surface area contributed by atoms with E-state index in [9.17, 15) is 13.2 Å². The van der Waals surface area contributed by atoms with E-state index in [0.29, 0.717) is 37.4 Å². The fraction of sp³-hybridized carbons (Fsp3) is 0.478.